The summed E-state index contributed by atoms with van der Waals surface area (Å²) in [6.07, 6.45) is 0.638. The molecular formula is C8H14N4O2. The Hall–Kier alpha value is -1.43. The molecule has 0 radical (unpaired) electrons. The van der Waals surface area contributed by atoms with Gasteiger partial charge in [0.05, 0.1) is 0 Å². The Morgan fingerprint density at radius 2 is 2.43 bits per heavy atom. The van der Waals surface area contributed by atoms with Gasteiger partial charge in [-0.1, -0.05) is 12.1 Å². The van der Waals surface area contributed by atoms with Crippen LogP contribution in [0.3, 0.4) is 0 Å². The first-order valence-electron chi connectivity index (χ1n) is 4.44. The van der Waals surface area contributed by atoms with Crippen molar-refractivity contribution < 1.29 is 9.32 Å². The zero-order valence-electron chi connectivity index (χ0n) is 8.28. The highest BCUT2D eigenvalue weighted by molar-refractivity contribution is 5.90. The molecular weight excluding hydrogens is 184 g/mol. The first-order valence-corrected chi connectivity index (χ1v) is 4.44. The summed E-state index contributed by atoms with van der Waals surface area (Å²) in [7, 11) is 0. The van der Waals surface area contributed by atoms with E-state index in [0.29, 0.717) is 18.8 Å². The van der Waals surface area contributed by atoms with Crippen LogP contribution in [0.25, 0.3) is 0 Å². The molecule has 1 atom stereocenters. The predicted octanol–water partition coefficient (Wildman–Crippen LogP) is 0.301. The van der Waals surface area contributed by atoms with E-state index in [2.05, 4.69) is 15.5 Å². The molecule has 0 aliphatic carbocycles. The van der Waals surface area contributed by atoms with Crippen molar-refractivity contribution in [3.8, 4) is 0 Å². The third kappa shape index (κ3) is 2.81. The third-order valence-corrected chi connectivity index (χ3v) is 1.80. The molecule has 0 aliphatic heterocycles. The molecule has 1 aromatic rings. The van der Waals surface area contributed by atoms with Gasteiger partial charge < -0.3 is 10.3 Å². The van der Waals surface area contributed by atoms with Gasteiger partial charge in [0.25, 0.3) is 0 Å². The lowest BCUT2D eigenvalue weighted by atomic mass is 10.1. The van der Waals surface area contributed by atoms with Gasteiger partial charge in [-0.3, -0.25) is 10.1 Å². The Morgan fingerprint density at radius 3 is 2.93 bits per heavy atom. The highest BCUT2D eigenvalue weighted by atomic mass is 16.5. The van der Waals surface area contributed by atoms with Crippen LogP contribution in [-0.2, 0) is 4.79 Å². The van der Waals surface area contributed by atoms with Crippen molar-refractivity contribution in [2.45, 2.75) is 20.3 Å². The lowest BCUT2D eigenvalue weighted by Gasteiger charge is -2.07. The SMILES string of the molecule is Cc1noc(NC(=O)C(C)CCN)n1. The molecule has 1 aromatic heterocycles. The number of nitrogens with zero attached hydrogens (tertiary/aromatic N) is 2. The fourth-order valence-corrected chi connectivity index (χ4v) is 0.958. The first kappa shape index (κ1) is 10.6. The number of hydrogen-bond donors (Lipinski definition) is 2. The minimum absolute atomic E-state index is 0.136. The molecule has 0 spiro atoms. The molecule has 0 aliphatic rings. The van der Waals surface area contributed by atoms with Gasteiger partial charge in [0, 0.05) is 5.92 Å². The van der Waals surface area contributed by atoms with Gasteiger partial charge >= 0.3 is 6.01 Å². The monoisotopic (exact) mass is 198 g/mol. The topological polar surface area (TPSA) is 94.0 Å². The number of anilines is 1. The molecule has 14 heavy (non-hydrogen) atoms. The van der Waals surface area contributed by atoms with E-state index in [0.717, 1.165) is 0 Å². The van der Waals surface area contributed by atoms with Gasteiger partial charge in [0.2, 0.25) is 5.91 Å². The van der Waals surface area contributed by atoms with E-state index in [4.69, 9.17) is 10.3 Å². The molecule has 1 heterocycles. The summed E-state index contributed by atoms with van der Waals surface area (Å²) in [5.41, 5.74) is 5.33. The smallest absolute Gasteiger partial charge is 0.328 e. The van der Waals surface area contributed by atoms with Crippen molar-refractivity contribution in [1.82, 2.24) is 10.1 Å². The van der Waals surface area contributed by atoms with E-state index >= 15 is 0 Å². The minimum atomic E-state index is -0.154. The van der Waals surface area contributed by atoms with E-state index < -0.39 is 0 Å². The van der Waals surface area contributed by atoms with E-state index in [1.165, 1.54) is 0 Å². The molecule has 6 heteroatoms. The minimum Gasteiger partial charge on any atom is -0.330 e. The average Bonchev–Trinajstić information content (AvgIpc) is 2.51. The van der Waals surface area contributed by atoms with Crippen molar-refractivity contribution >= 4 is 11.9 Å². The van der Waals surface area contributed by atoms with Gasteiger partial charge in [-0.15, -0.1) is 0 Å². The third-order valence-electron chi connectivity index (χ3n) is 1.80. The molecule has 0 fully saturated rings. The number of rotatable bonds is 4. The van der Waals surface area contributed by atoms with Gasteiger partial charge in [0.15, 0.2) is 5.82 Å². The van der Waals surface area contributed by atoms with E-state index in [-0.39, 0.29) is 17.8 Å². The molecule has 0 saturated carbocycles. The number of amides is 1. The number of hydrogen-bond acceptors (Lipinski definition) is 5. The van der Waals surface area contributed by atoms with Crippen molar-refractivity contribution in [3.05, 3.63) is 5.82 Å². The summed E-state index contributed by atoms with van der Waals surface area (Å²) in [5, 5.41) is 6.06. The van der Waals surface area contributed by atoms with Gasteiger partial charge in [-0.25, -0.2) is 0 Å². The van der Waals surface area contributed by atoms with Crippen LogP contribution in [-0.4, -0.2) is 22.6 Å². The second-order valence-electron chi connectivity index (χ2n) is 3.11. The fourth-order valence-electron chi connectivity index (χ4n) is 0.958. The Bertz CT molecular complexity index is 310. The number of aromatic nitrogens is 2. The van der Waals surface area contributed by atoms with Crippen LogP contribution in [0, 0.1) is 12.8 Å². The highest BCUT2D eigenvalue weighted by Gasteiger charge is 2.14. The molecule has 78 valence electrons. The Kier molecular flexibility index (Phi) is 3.58. The lowest BCUT2D eigenvalue weighted by Crippen LogP contribution is -2.22. The normalized spacial score (nSPS) is 12.5. The maximum absolute atomic E-state index is 11.4. The number of nitrogens with two attached hydrogens (primary N) is 1. The lowest BCUT2D eigenvalue weighted by molar-refractivity contribution is -0.119. The van der Waals surface area contributed by atoms with Crippen LogP contribution in [0.4, 0.5) is 6.01 Å². The van der Waals surface area contributed by atoms with E-state index in [1.54, 1.807) is 13.8 Å². The summed E-state index contributed by atoms with van der Waals surface area (Å²) >= 11 is 0. The van der Waals surface area contributed by atoms with Crippen molar-refractivity contribution in [2.24, 2.45) is 11.7 Å². The van der Waals surface area contributed by atoms with Crippen LogP contribution in [0.15, 0.2) is 4.52 Å². The molecule has 1 unspecified atom stereocenters. The zero-order chi connectivity index (χ0) is 10.6. The summed E-state index contributed by atoms with van der Waals surface area (Å²) < 4.78 is 4.74. The molecule has 0 aromatic carbocycles. The first-order chi connectivity index (χ1) is 6.63. The predicted molar refractivity (Wildman–Crippen MR) is 50.5 cm³/mol. The van der Waals surface area contributed by atoms with Crippen LogP contribution in [0.2, 0.25) is 0 Å². The maximum Gasteiger partial charge on any atom is 0.328 e. The Morgan fingerprint density at radius 1 is 1.71 bits per heavy atom. The van der Waals surface area contributed by atoms with Crippen LogP contribution < -0.4 is 11.1 Å². The second kappa shape index (κ2) is 4.71. The van der Waals surface area contributed by atoms with Gasteiger partial charge in [0.1, 0.15) is 0 Å². The van der Waals surface area contributed by atoms with Crippen LogP contribution in [0.1, 0.15) is 19.2 Å². The van der Waals surface area contributed by atoms with E-state index in [1.807, 2.05) is 0 Å². The number of carbonyl (C=O) groups is 1. The van der Waals surface area contributed by atoms with Crippen molar-refractivity contribution in [3.63, 3.8) is 0 Å². The summed E-state index contributed by atoms with van der Waals surface area (Å²) in [6.45, 7) is 3.96. The molecule has 1 rings (SSSR count). The van der Waals surface area contributed by atoms with Crippen molar-refractivity contribution in [2.75, 3.05) is 11.9 Å². The summed E-state index contributed by atoms with van der Waals surface area (Å²) in [4.78, 5) is 15.3. The summed E-state index contributed by atoms with van der Waals surface area (Å²) in [5.74, 6) is 0.193. The standard InChI is InChI=1S/C8H14N4O2/c1-5(3-4-9)7(13)11-8-10-6(2)12-14-8/h5H,3-4,9H2,1-2H3,(H,10,11,12,13). The number of nitrogens with one attached hydrogen (secondary N) is 1. The largest absolute Gasteiger partial charge is 0.330 e. The van der Waals surface area contributed by atoms with Crippen molar-refractivity contribution in [1.29, 1.82) is 0 Å². The second-order valence-corrected chi connectivity index (χ2v) is 3.11. The van der Waals surface area contributed by atoms with Gasteiger partial charge in [-0.2, -0.15) is 4.98 Å². The van der Waals surface area contributed by atoms with Crippen LogP contribution in [0.5, 0.6) is 0 Å². The Labute approximate surface area is 81.9 Å². The van der Waals surface area contributed by atoms with E-state index in [9.17, 15) is 4.79 Å². The molecule has 0 saturated heterocycles. The Balaban J connectivity index is 2.48. The fraction of sp³-hybridized carbons (Fsp3) is 0.625. The molecule has 1 amide bonds. The average molecular weight is 198 g/mol. The quantitative estimate of drug-likeness (QED) is 0.725. The number of carbonyl (C=O) groups excluding carboxylic acids is 1. The molecule has 3 N–H and O–H groups in total. The highest BCUT2D eigenvalue weighted by Crippen LogP contribution is 2.07. The summed E-state index contributed by atoms with van der Waals surface area (Å²) in [6, 6.07) is 0.136. The maximum atomic E-state index is 11.4. The van der Waals surface area contributed by atoms with Crippen LogP contribution >= 0.6 is 0 Å². The van der Waals surface area contributed by atoms with Gasteiger partial charge in [-0.05, 0) is 19.9 Å². The molecule has 0 bridgehead atoms. The zero-order valence-corrected chi connectivity index (χ0v) is 8.28. The number of aryl methyl sites for hydroxylation is 1. The molecule has 6 nitrogen and oxygen atoms in total.